The van der Waals surface area contributed by atoms with Gasteiger partial charge in [-0.3, -0.25) is 34.0 Å². The number of H-pyrrole nitrogens is 2. The number of amides is 1. The van der Waals surface area contributed by atoms with Crippen molar-refractivity contribution in [2.75, 3.05) is 35.0 Å². The highest BCUT2D eigenvalue weighted by Crippen LogP contribution is 2.33. The summed E-state index contributed by atoms with van der Waals surface area (Å²) in [4.78, 5) is 59.9. The standard InChI is InChI=1S/C22H27N5O4S.C13H18N4O.C9H11NO4S/c1-13-8-9-17(25-32(4,30)31)16(11-13)22(29)26-10-6-5-7-19(26)18-12-20-23-15(3)14(2)21(28)27(20)24-18;1-8-9(2)15-12-7-11(16-17(12)13(8)18)10-5-3-4-6-14-10;1-6-3-4-8(10-15(2,13)14)7(5-6)9(11)12/h8-9,11-12,19,24-25H,5-7,10H2,1-4H3;7,10,14,16H,3-6H2,1-2H3;3-5,10H,1-2H3,(H,11,12)/t19-;10-;/m00./s1. The molecule has 2 aromatic carbocycles. The summed E-state index contributed by atoms with van der Waals surface area (Å²) in [5.41, 5.74) is 7.82. The van der Waals surface area contributed by atoms with E-state index in [1.165, 1.54) is 29.5 Å². The molecule has 0 saturated carbocycles. The number of hydrogen-bond acceptors (Lipinski definition) is 11. The van der Waals surface area contributed by atoms with Gasteiger partial charge in [-0.05, 0) is 104 Å². The van der Waals surface area contributed by atoms with Crippen LogP contribution >= 0.6 is 0 Å². The number of likely N-dealkylation sites (tertiary alicyclic amines) is 1. The molecule has 1 amide bonds. The number of nitrogens with one attached hydrogen (secondary N) is 5. The van der Waals surface area contributed by atoms with Crippen molar-refractivity contribution >= 4 is 54.6 Å². The first-order chi connectivity index (χ1) is 30.5. The Bertz CT molecular complexity index is 3130. The number of aromatic nitrogens is 6. The number of piperidine rings is 2. The number of rotatable bonds is 8. The van der Waals surface area contributed by atoms with E-state index in [0.717, 1.165) is 72.9 Å². The summed E-state index contributed by atoms with van der Waals surface area (Å²) in [6.45, 7) is 12.4. The van der Waals surface area contributed by atoms with E-state index >= 15 is 0 Å². The van der Waals surface area contributed by atoms with Crippen molar-refractivity contribution in [2.24, 2.45) is 0 Å². The normalized spacial score (nSPS) is 16.6. The zero-order valence-corrected chi connectivity index (χ0v) is 39.3. The third kappa shape index (κ3) is 11.5. The highest BCUT2D eigenvalue weighted by Gasteiger charge is 2.32. The molecule has 2 aliphatic rings. The van der Waals surface area contributed by atoms with Crippen molar-refractivity contribution in [2.45, 2.75) is 92.2 Å². The predicted molar refractivity (Wildman–Crippen MR) is 249 cm³/mol. The van der Waals surface area contributed by atoms with Gasteiger partial charge in [0, 0.05) is 47.2 Å². The van der Waals surface area contributed by atoms with Crippen LogP contribution in [0.1, 0.15) is 116 Å². The van der Waals surface area contributed by atoms with Crippen LogP contribution in [0.15, 0.2) is 58.1 Å². The van der Waals surface area contributed by atoms with E-state index in [9.17, 15) is 36.0 Å². The third-order valence-electron chi connectivity index (χ3n) is 11.4. The maximum atomic E-state index is 13.6. The lowest BCUT2D eigenvalue weighted by Gasteiger charge is -2.35. The van der Waals surface area contributed by atoms with Crippen molar-refractivity contribution in [3.63, 3.8) is 0 Å². The summed E-state index contributed by atoms with van der Waals surface area (Å²) in [5.74, 6) is -1.42. The molecule has 19 nitrogen and oxygen atoms in total. The van der Waals surface area contributed by atoms with Gasteiger partial charge in [-0.15, -0.1) is 0 Å². The van der Waals surface area contributed by atoms with Crippen LogP contribution in [0.5, 0.6) is 0 Å². The SMILES string of the molecule is Cc1ccc(NS(C)(=O)=O)c(C(=O)N2CCCC[C@H]2c2cc3nc(C)c(C)c(=O)n3[nH]2)c1.Cc1ccc(NS(C)(=O)=O)c(C(=O)O)c1.Cc1nc2cc([C@@H]3CCCCN3)[nH]n2c(=O)c1C. The van der Waals surface area contributed by atoms with E-state index < -0.39 is 26.0 Å². The number of benzene rings is 2. The fourth-order valence-corrected chi connectivity index (χ4v) is 9.00. The van der Waals surface area contributed by atoms with Gasteiger partial charge in [0.1, 0.15) is 0 Å². The first-order valence-corrected chi connectivity index (χ1v) is 24.9. The molecule has 4 aromatic heterocycles. The molecule has 0 spiro atoms. The molecule has 65 heavy (non-hydrogen) atoms. The number of carboxylic acid groups (broad SMARTS) is 1. The van der Waals surface area contributed by atoms with E-state index in [1.54, 1.807) is 54.5 Å². The molecular formula is C44H56N10O9S2. The molecule has 2 fully saturated rings. The van der Waals surface area contributed by atoms with Crippen molar-refractivity contribution in [3.05, 3.63) is 125 Å². The van der Waals surface area contributed by atoms with Crippen LogP contribution < -0.4 is 25.9 Å². The zero-order valence-electron chi connectivity index (χ0n) is 37.7. The molecule has 6 N–H and O–H groups in total. The minimum absolute atomic E-state index is 0.000408. The summed E-state index contributed by atoms with van der Waals surface area (Å²) < 4.78 is 53.1. The Balaban J connectivity index is 0.000000179. The maximum Gasteiger partial charge on any atom is 0.337 e. The van der Waals surface area contributed by atoms with Crippen molar-refractivity contribution < 1.29 is 31.5 Å². The quantitative estimate of drug-likeness (QED) is 0.115. The number of hydrogen-bond donors (Lipinski definition) is 6. The monoisotopic (exact) mass is 932 g/mol. The van der Waals surface area contributed by atoms with Crippen LogP contribution in [-0.2, 0) is 20.0 Å². The van der Waals surface area contributed by atoms with Gasteiger partial charge in [0.2, 0.25) is 20.0 Å². The van der Waals surface area contributed by atoms with E-state index in [1.807, 2.05) is 32.9 Å². The lowest BCUT2D eigenvalue weighted by atomic mass is 9.97. The van der Waals surface area contributed by atoms with E-state index in [4.69, 9.17) is 5.11 Å². The van der Waals surface area contributed by atoms with Gasteiger partial charge in [0.25, 0.3) is 17.0 Å². The van der Waals surface area contributed by atoms with Crippen LogP contribution in [0, 0.1) is 41.5 Å². The number of carbonyl (C=O) groups is 2. The summed E-state index contributed by atoms with van der Waals surface area (Å²) in [6.07, 6.45) is 8.11. The number of aromatic amines is 2. The smallest absolute Gasteiger partial charge is 0.337 e. The maximum absolute atomic E-state index is 13.6. The van der Waals surface area contributed by atoms with Crippen molar-refractivity contribution in [1.29, 1.82) is 0 Å². The number of nitrogens with zero attached hydrogens (tertiary/aromatic N) is 5. The third-order valence-corrected chi connectivity index (χ3v) is 12.6. The molecule has 8 rings (SSSR count). The van der Waals surface area contributed by atoms with Crippen LogP contribution in [0.3, 0.4) is 0 Å². The first-order valence-electron chi connectivity index (χ1n) is 21.1. The second-order valence-corrected chi connectivity index (χ2v) is 20.2. The highest BCUT2D eigenvalue weighted by molar-refractivity contribution is 7.92. The Morgan fingerprint density at radius 2 is 1.17 bits per heavy atom. The van der Waals surface area contributed by atoms with Gasteiger partial charge in [0.05, 0.1) is 52.4 Å². The number of anilines is 2. The van der Waals surface area contributed by atoms with Gasteiger partial charge in [-0.1, -0.05) is 29.7 Å². The average Bonchev–Trinajstić information content (AvgIpc) is 3.88. The van der Waals surface area contributed by atoms with Crippen LogP contribution in [0.2, 0.25) is 0 Å². The highest BCUT2D eigenvalue weighted by atomic mass is 32.2. The molecule has 0 aliphatic carbocycles. The molecule has 2 atom stereocenters. The van der Waals surface area contributed by atoms with Gasteiger partial charge in [-0.2, -0.15) is 0 Å². The molecule has 6 aromatic rings. The van der Waals surface area contributed by atoms with Gasteiger partial charge in [0.15, 0.2) is 11.3 Å². The number of carboxylic acids is 1. The van der Waals surface area contributed by atoms with Gasteiger partial charge in [-0.25, -0.2) is 40.6 Å². The first kappa shape index (κ1) is 48.1. The minimum atomic E-state index is -3.55. The summed E-state index contributed by atoms with van der Waals surface area (Å²) in [6, 6.07) is 13.4. The molecule has 348 valence electrons. The Morgan fingerprint density at radius 1 is 0.677 bits per heavy atom. The lowest BCUT2D eigenvalue weighted by molar-refractivity contribution is 0.0606. The number of sulfonamides is 2. The van der Waals surface area contributed by atoms with Gasteiger partial charge < -0.3 is 15.3 Å². The van der Waals surface area contributed by atoms with Crippen LogP contribution in [0.4, 0.5) is 11.4 Å². The number of aryl methyl sites for hydroxylation is 4. The molecule has 2 saturated heterocycles. The molecule has 21 heteroatoms. The number of aromatic carboxylic acids is 1. The largest absolute Gasteiger partial charge is 0.478 e. The van der Waals surface area contributed by atoms with Crippen LogP contribution in [0.25, 0.3) is 11.3 Å². The number of fused-ring (bicyclic) bond motifs is 2. The lowest BCUT2D eigenvalue weighted by Crippen LogP contribution is -2.39. The van der Waals surface area contributed by atoms with E-state index in [2.05, 4.69) is 34.9 Å². The molecular weight excluding hydrogens is 877 g/mol. The Hall–Kier alpha value is -6.32. The number of carbonyl (C=O) groups excluding carboxylic acids is 1. The molecule has 0 unspecified atom stereocenters. The second-order valence-electron chi connectivity index (χ2n) is 16.7. The Labute approximate surface area is 376 Å². The summed E-state index contributed by atoms with van der Waals surface area (Å²) in [5, 5.41) is 18.6. The zero-order chi connectivity index (χ0) is 47.5. The molecule has 2 aliphatic heterocycles. The summed E-state index contributed by atoms with van der Waals surface area (Å²) >= 11 is 0. The van der Waals surface area contributed by atoms with Crippen LogP contribution in [-0.4, -0.2) is 93.5 Å². The van der Waals surface area contributed by atoms with Crippen molar-refractivity contribution in [3.8, 4) is 0 Å². The topological polar surface area (TPSA) is 262 Å². The minimum Gasteiger partial charge on any atom is -0.478 e. The Kier molecular flexibility index (Phi) is 14.4. The van der Waals surface area contributed by atoms with E-state index in [-0.39, 0.29) is 40.0 Å². The summed E-state index contributed by atoms with van der Waals surface area (Å²) in [7, 11) is -7.01. The molecule has 0 bridgehead atoms. The molecule has 6 heterocycles. The fraction of sp³-hybridized carbons (Fsp3) is 0.409. The second kappa shape index (κ2) is 19.4. The van der Waals surface area contributed by atoms with Crippen molar-refractivity contribution in [1.82, 2.24) is 39.4 Å². The fourth-order valence-electron chi connectivity index (χ4n) is 7.84. The van der Waals surface area contributed by atoms with Gasteiger partial charge >= 0.3 is 5.97 Å². The molecule has 0 radical (unpaired) electrons. The average molecular weight is 933 g/mol. The Morgan fingerprint density at radius 3 is 1.68 bits per heavy atom. The predicted octanol–water partition coefficient (Wildman–Crippen LogP) is 5.21. The van der Waals surface area contributed by atoms with E-state index in [0.29, 0.717) is 46.3 Å².